The van der Waals surface area contributed by atoms with E-state index in [2.05, 4.69) is 71.9 Å². The monoisotopic (exact) mass is 378 g/mol. The number of hydrogen-bond donors (Lipinski definition) is 1. The Labute approximate surface area is 168 Å². The summed E-state index contributed by atoms with van der Waals surface area (Å²) in [6, 6.07) is 8.48. The molecule has 0 radical (unpaired) electrons. The number of aliphatic carboxylic acids is 1. The third-order valence-electron chi connectivity index (χ3n) is 5.55. The summed E-state index contributed by atoms with van der Waals surface area (Å²) in [6.45, 7) is 13.0. The largest absolute Gasteiger partial charge is 0.542 e. The van der Waals surface area contributed by atoms with Crippen molar-refractivity contribution in [2.75, 3.05) is 11.4 Å². The van der Waals surface area contributed by atoms with Gasteiger partial charge in [-0.3, -0.25) is 4.90 Å². The van der Waals surface area contributed by atoms with Crippen molar-refractivity contribution in [3.05, 3.63) is 69.9 Å². The minimum atomic E-state index is -1.06. The van der Waals surface area contributed by atoms with Crippen molar-refractivity contribution in [1.82, 2.24) is 0 Å². The van der Waals surface area contributed by atoms with Gasteiger partial charge in [-0.15, -0.1) is 0 Å². The highest BCUT2D eigenvalue weighted by Crippen LogP contribution is 2.29. The zero-order chi connectivity index (χ0) is 20.6. The highest BCUT2D eigenvalue weighted by Gasteiger charge is 2.35. The molecule has 3 rings (SSSR count). The zero-order valence-electron chi connectivity index (χ0n) is 17.7. The van der Waals surface area contributed by atoms with E-state index in [1.165, 1.54) is 11.1 Å². The lowest BCUT2D eigenvalue weighted by Gasteiger charge is -2.38. The van der Waals surface area contributed by atoms with E-state index >= 15 is 0 Å². The highest BCUT2D eigenvalue weighted by molar-refractivity contribution is 5.77. The van der Waals surface area contributed by atoms with Crippen molar-refractivity contribution in [2.45, 2.75) is 54.1 Å². The lowest BCUT2D eigenvalue weighted by molar-refractivity contribution is -0.798. The number of nitrogens with zero attached hydrogens (tertiary/aromatic N) is 1. The van der Waals surface area contributed by atoms with Crippen LogP contribution in [0, 0.1) is 41.5 Å². The van der Waals surface area contributed by atoms with Gasteiger partial charge in [0.05, 0.1) is 6.20 Å². The predicted octanol–water partition coefficient (Wildman–Crippen LogP) is 2.55. The highest BCUT2D eigenvalue weighted by atomic mass is 16.4. The van der Waals surface area contributed by atoms with Crippen LogP contribution in [0.4, 0.5) is 11.4 Å². The number of carboxylic acid groups (broad SMARTS) is 1. The van der Waals surface area contributed by atoms with E-state index in [0.29, 0.717) is 6.54 Å². The van der Waals surface area contributed by atoms with Crippen LogP contribution in [0.1, 0.15) is 39.8 Å². The van der Waals surface area contributed by atoms with Gasteiger partial charge >= 0.3 is 0 Å². The quantitative estimate of drug-likeness (QED) is 0.893. The van der Waals surface area contributed by atoms with Gasteiger partial charge in [0.2, 0.25) is 6.17 Å². The molecule has 4 nitrogen and oxygen atoms in total. The summed E-state index contributed by atoms with van der Waals surface area (Å²) >= 11 is 0. The minimum absolute atomic E-state index is 0.646. The molecule has 0 aliphatic carbocycles. The Balaban J connectivity index is 2.19. The van der Waals surface area contributed by atoms with E-state index in [1.54, 1.807) is 0 Å². The molecule has 2 unspecified atom stereocenters. The summed E-state index contributed by atoms with van der Waals surface area (Å²) in [4.78, 5) is 15.3. The van der Waals surface area contributed by atoms with E-state index in [4.69, 9.17) is 0 Å². The first-order chi connectivity index (χ1) is 13.2. The van der Waals surface area contributed by atoms with E-state index in [1.807, 2.05) is 11.1 Å². The van der Waals surface area contributed by atoms with Crippen LogP contribution in [0.3, 0.4) is 0 Å². The van der Waals surface area contributed by atoms with Crippen molar-refractivity contribution in [2.24, 2.45) is 0 Å². The van der Waals surface area contributed by atoms with E-state index in [-0.39, 0.29) is 0 Å². The molecule has 2 atom stereocenters. The first-order valence-electron chi connectivity index (χ1n) is 9.87. The Kier molecular flexibility index (Phi) is 5.61. The molecule has 0 amide bonds. The van der Waals surface area contributed by atoms with Crippen LogP contribution in [-0.4, -0.2) is 18.7 Å². The molecular formula is C24H30N2O2. The molecule has 1 aliphatic heterocycles. The van der Waals surface area contributed by atoms with Crippen molar-refractivity contribution in [1.29, 1.82) is 0 Å². The molecule has 0 saturated heterocycles. The van der Waals surface area contributed by atoms with Gasteiger partial charge < -0.3 is 14.8 Å². The Hall–Kier alpha value is -2.59. The summed E-state index contributed by atoms with van der Waals surface area (Å²) in [5.41, 5.74) is 8.79. The van der Waals surface area contributed by atoms with Crippen LogP contribution in [0.15, 0.2) is 36.5 Å². The number of quaternary nitrogens is 1. The van der Waals surface area contributed by atoms with Crippen molar-refractivity contribution >= 4 is 17.3 Å². The third kappa shape index (κ3) is 3.69. The van der Waals surface area contributed by atoms with Crippen LogP contribution in [0.2, 0.25) is 0 Å². The molecule has 0 bridgehead atoms. The minimum Gasteiger partial charge on any atom is -0.542 e. The standard InChI is InChI=1S/C24H30N2O2/c1-15-11-17(3)21(18(4)12-15)25-9-7-8-10-26(23(25)24(27)28)22-19(5)13-16(2)14-20(22)6/h7,9,11-14,23H,8,10H2,1-6H3,(H,27,28). The van der Waals surface area contributed by atoms with Crippen molar-refractivity contribution in [3.8, 4) is 0 Å². The first-order valence-corrected chi connectivity index (χ1v) is 9.87. The number of carboxylic acids is 1. The lowest BCUT2D eigenvalue weighted by Crippen LogP contribution is -3.11. The Morgan fingerprint density at radius 3 is 1.93 bits per heavy atom. The van der Waals surface area contributed by atoms with Crippen molar-refractivity contribution in [3.63, 3.8) is 0 Å². The third-order valence-corrected chi connectivity index (χ3v) is 5.55. The van der Waals surface area contributed by atoms with Crippen LogP contribution in [0.5, 0.6) is 0 Å². The smallest absolute Gasteiger partial charge is 0.213 e. The average molecular weight is 379 g/mol. The number of anilines is 1. The number of rotatable bonds is 3. The predicted molar refractivity (Wildman–Crippen MR) is 112 cm³/mol. The number of benzene rings is 2. The van der Waals surface area contributed by atoms with Gasteiger partial charge in [0.15, 0.2) is 0 Å². The van der Waals surface area contributed by atoms with Crippen LogP contribution < -0.4 is 14.9 Å². The van der Waals surface area contributed by atoms with Gasteiger partial charge in [0, 0.05) is 23.4 Å². The molecule has 2 aromatic carbocycles. The second kappa shape index (κ2) is 7.80. The first kappa shape index (κ1) is 20.2. The second-order valence-corrected chi connectivity index (χ2v) is 8.08. The Bertz CT molecular complexity index is 900. The second-order valence-electron chi connectivity index (χ2n) is 8.08. The molecule has 2 aromatic rings. The number of carbonyl (C=O) groups is 1. The summed E-state index contributed by atoms with van der Waals surface area (Å²) in [5, 5.41) is 12.4. The molecule has 0 spiro atoms. The molecule has 1 aliphatic rings. The molecule has 0 saturated carbocycles. The Morgan fingerprint density at radius 1 is 0.929 bits per heavy atom. The maximum atomic E-state index is 12.4. The zero-order valence-corrected chi connectivity index (χ0v) is 17.7. The van der Waals surface area contributed by atoms with E-state index in [0.717, 1.165) is 44.9 Å². The molecule has 1 heterocycles. The van der Waals surface area contributed by atoms with Gasteiger partial charge in [-0.1, -0.05) is 35.4 Å². The maximum absolute atomic E-state index is 12.4. The summed E-state index contributed by atoms with van der Waals surface area (Å²) in [7, 11) is 0. The average Bonchev–Trinajstić information content (AvgIpc) is 2.76. The number of carbonyl (C=O) groups excluding carboxylic acids is 1. The summed E-state index contributed by atoms with van der Waals surface area (Å²) < 4.78 is 0. The molecular weight excluding hydrogens is 348 g/mol. The van der Waals surface area contributed by atoms with Crippen LogP contribution >= 0.6 is 0 Å². The molecule has 28 heavy (non-hydrogen) atoms. The van der Waals surface area contributed by atoms with Crippen LogP contribution in [0.25, 0.3) is 0 Å². The molecule has 0 fully saturated rings. The topological polar surface area (TPSA) is 47.8 Å². The van der Waals surface area contributed by atoms with Crippen LogP contribution in [-0.2, 0) is 4.79 Å². The van der Waals surface area contributed by atoms with Gasteiger partial charge in [-0.05, 0) is 65.2 Å². The molecule has 1 N–H and O–H groups in total. The normalized spacial score (nSPS) is 19.6. The molecule has 4 heteroatoms. The fourth-order valence-electron chi connectivity index (χ4n) is 4.79. The van der Waals surface area contributed by atoms with Gasteiger partial charge in [-0.25, -0.2) is 0 Å². The molecule has 148 valence electrons. The number of aryl methyl sites for hydroxylation is 6. The SMILES string of the molecule is Cc1cc(C)c(N2CCC=C[NH+](c3c(C)cc(C)cc3C)C2C(=O)[O-])c(C)c1. The fourth-order valence-corrected chi connectivity index (χ4v) is 4.79. The number of nitrogens with one attached hydrogen (secondary N) is 1. The van der Waals surface area contributed by atoms with Gasteiger partial charge in [0.25, 0.3) is 0 Å². The summed E-state index contributed by atoms with van der Waals surface area (Å²) in [5.74, 6) is -1.06. The Morgan fingerprint density at radius 2 is 1.43 bits per heavy atom. The van der Waals surface area contributed by atoms with E-state index < -0.39 is 12.1 Å². The summed E-state index contributed by atoms with van der Waals surface area (Å²) in [6.07, 6.45) is 4.05. The van der Waals surface area contributed by atoms with Gasteiger partial charge in [0.1, 0.15) is 11.7 Å². The fraction of sp³-hybridized carbons (Fsp3) is 0.375. The van der Waals surface area contributed by atoms with Crippen molar-refractivity contribution < 1.29 is 14.8 Å². The lowest BCUT2D eigenvalue weighted by atomic mass is 10.0. The van der Waals surface area contributed by atoms with Gasteiger partial charge in [-0.2, -0.15) is 0 Å². The maximum Gasteiger partial charge on any atom is 0.213 e. The molecule has 0 aromatic heterocycles. The van der Waals surface area contributed by atoms with E-state index in [9.17, 15) is 9.90 Å². The number of hydrogen-bond acceptors (Lipinski definition) is 3.